The Morgan fingerprint density at radius 1 is 1.15 bits per heavy atom. The first-order valence-electron chi connectivity index (χ1n) is 2.73. The Morgan fingerprint density at radius 2 is 1.62 bits per heavy atom. The molecule has 2 N–H and O–H groups in total. The first kappa shape index (κ1) is 20.0. The largest absolute Gasteiger partial charge is 1.00 e. The molecule has 3 nitrogen and oxygen atoms in total. The molecule has 0 amide bonds. The van der Waals surface area contributed by atoms with Gasteiger partial charge in [-0.15, -0.1) is 0 Å². The molecule has 0 saturated heterocycles. The Hall–Kier alpha value is 1.49. The molecule has 0 aliphatic heterocycles. The topological polar surface area (TPSA) is 57.5 Å². The Bertz CT molecular complexity index is 276. The first-order valence-corrected chi connectivity index (χ1v) is 2.73. The molecule has 0 unspecified atom stereocenters. The van der Waals surface area contributed by atoms with E-state index >= 15 is 0 Å². The number of aromatic carboxylic acids is 1. The average Bonchev–Trinajstić information content (AvgIpc) is 1.88. The summed E-state index contributed by atoms with van der Waals surface area (Å²) in [6.07, 6.45) is 0. The quantitative estimate of drug-likeness (QED) is 0.453. The summed E-state index contributed by atoms with van der Waals surface area (Å²) in [6, 6.07) is 5.81. The Labute approximate surface area is 147 Å². The summed E-state index contributed by atoms with van der Waals surface area (Å²) < 4.78 is 0. The number of rotatable bonds is 1. The van der Waals surface area contributed by atoms with Crippen LogP contribution in [0.5, 0.6) is 5.75 Å². The van der Waals surface area contributed by atoms with E-state index in [9.17, 15) is 4.79 Å². The number of carboxylic acid groups (broad SMARTS) is 1. The van der Waals surface area contributed by atoms with Crippen molar-refractivity contribution in [2.45, 2.75) is 0 Å². The van der Waals surface area contributed by atoms with Gasteiger partial charge in [0.05, 0.1) is 0 Å². The van der Waals surface area contributed by atoms with Gasteiger partial charge in [-0.2, -0.15) is 0 Å². The fraction of sp³-hybridized carbons (Fsp3) is 0. The number of para-hydroxylation sites is 1. The van der Waals surface area contributed by atoms with Crippen molar-refractivity contribution < 1.29 is 108 Å². The number of carbonyl (C=O) groups is 1. The fourth-order valence-corrected chi connectivity index (χ4v) is 0.654. The van der Waals surface area contributed by atoms with Crippen LogP contribution in [0, 0.1) is 0 Å². The van der Waals surface area contributed by atoms with Gasteiger partial charge < -0.3 is 14.5 Å². The molecule has 0 atom stereocenters. The number of aromatic hydroxyl groups is 1. The van der Waals surface area contributed by atoms with Gasteiger partial charge in [-0.05, 0) is 12.1 Å². The van der Waals surface area contributed by atoms with Crippen LogP contribution < -0.4 is 88.7 Å². The smallest absolute Gasteiger partial charge is 1.00 e. The molecule has 1 aromatic rings. The van der Waals surface area contributed by atoms with Crippen molar-refractivity contribution in [1.29, 1.82) is 0 Å². The van der Waals surface area contributed by atoms with Crippen LogP contribution in [0.1, 0.15) is 14.6 Å². The molecule has 0 spiro atoms. The SMILES string of the molecule is O=C(O)c1ccccc1O.[H-].[H-].[H-].[Na+].[Na+].[Na+]. The van der Waals surface area contributed by atoms with Gasteiger partial charge in [0.15, 0.2) is 0 Å². The van der Waals surface area contributed by atoms with Crippen LogP contribution in [0.15, 0.2) is 24.3 Å². The monoisotopic (exact) mass is 210 g/mol. The normalized spacial score (nSPS) is 7.08. The van der Waals surface area contributed by atoms with E-state index in [1.807, 2.05) is 0 Å². The molecule has 6 heteroatoms. The Morgan fingerprint density at radius 3 is 1.92 bits per heavy atom. The summed E-state index contributed by atoms with van der Waals surface area (Å²) in [5.41, 5.74) is -0.0671. The predicted octanol–water partition coefficient (Wildman–Crippen LogP) is -7.56. The third-order valence-electron chi connectivity index (χ3n) is 1.13. The molecular weight excluding hydrogens is 201 g/mol. The fourth-order valence-electron chi connectivity index (χ4n) is 0.654. The number of hydrogen-bond acceptors (Lipinski definition) is 2. The van der Waals surface area contributed by atoms with E-state index in [2.05, 4.69) is 0 Å². The van der Waals surface area contributed by atoms with Crippen LogP contribution >= 0.6 is 0 Å². The number of carboxylic acids is 1. The molecule has 0 heterocycles. The van der Waals surface area contributed by atoms with Gasteiger partial charge in [0.25, 0.3) is 0 Å². The van der Waals surface area contributed by atoms with Gasteiger partial charge in [0.1, 0.15) is 11.3 Å². The van der Waals surface area contributed by atoms with E-state index in [-0.39, 0.29) is 104 Å². The van der Waals surface area contributed by atoms with Crippen LogP contribution in [0.4, 0.5) is 0 Å². The van der Waals surface area contributed by atoms with Crippen LogP contribution in [-0.4, -0.2) is 16.2 Å². The van der Waals surface area contributed by atoms with Crippen molar-refractivity contribution >= 4 is 5.97 Å². The molecule has 0 radical (unpaired) electrons. The van der Waals surface area contributed by atoms with Crippen molar-refractivity contribution in [1.82, 2.24) is 0 Å². The van der Waals surface area contributed by atoms with E-state index in [4.69, 9.17) is 10.2 Å². The third-order valence-corrected chi connectivity index (χ3v) is 1.13. The molecule has 0 saturated carbocycles. The minimum atomic E-state index is -1.11. The minimum Gasteiger partial charge on any atom is -1.00 e. The van der Waals surface area contributed by atoms with E-state index in [1.165, 1.54) is 12.1 Å². The van der Waals surface area contributed by atoms with Crippen LogP contribution in [0.3, 0.4) is 0 Å². The zero-order valence-electron chi connectivity index (χ0n) is 11.1. The average molecular weight is 210 g/mol. The van der Waals surface area contributed by atoms with Crippen molar-refractivity contribution in [2.75, 3.05) is 0 Å². The number of hydrogen-bond donors (Lipinski definition) is 2. The van der Waals surface area contributed by atoms with Gasteiger partial charge in [-0.3, -0.25) is 0 Å². The van der Waals surface area contributed by atoms with Crippen LogP contribution in [0.25, 0.3) is 0 Å². The summed E-state index contributed by atoms with van der Waals surface area (Å²) >= 11 is 0. The third kappa shape index (κ3) is 6.55. The second kappa shape index (κ2) is 10.0. The Kier molecular flexibility index (Phi) is 15.4. The van der Waals surface area contributed by atoms with E-state index in [1.54, 1.807) is 12.1 Å². The second-order valence-corrected chi connectivity index (χ2v) is 1.82. The molecule has 1 rings (SSSR count). The molecule has 0 bridgehead atoms. The van der Waals surface area contributed by atoms with E-state index in [0.29, 0.717) is 0 Å². The van der Waals surface area contributed by atoms with Crippen molar-refractivity contribution in [2.24, 2.45) is 0 Å². The predicted molar refractivity (Wildman–Crippen MR) is 38.4 cm³/mol. The van der Waals surface area contributed by atoms with Gasteiger partial charge in [0, 0.05) is 0 Å². The maximum atomic E-state index is 10.3. The van der Waals surface area contributed by atoms with Crippen molar-refractivity contribution in [3.63, 3.8) is 0 Å². The maximum absolute atomic E-state index is 10.3. The van der Waals surface area contributed by atoms with Gasteiger partial charge >= 0.3 is 94.6 Å². The molecule has 0 fully saturated rings. The molecule has 13 heavy (non-hydrogen) atoms. The summed E-state index contributed by atoms with van der Waals surface area (Å²) in [7, 11) is 0. The molecule has 0 aliphatic carbocycles. The summed E-state index contributed by atoms with van der Waals surface area (Å²) in [5, 5.41) is 17.3. The van der Waals surface area contributed by atoms with Crippen molar-refractivity contribution in [3.8, 4) is 5.75 Å². The van der Waals surface area contributed by atoms with E-state index < -0.39 is 5.97 Å². The van der Waals surface area contributed by atoms with Gasteiger partial charge in [-0.1, -0.05) is 12.1 Å². The number of benzene rings is 1. The Balaban J connectivity index is -0.0000000417. The molecular formula is C7H9Na3O3. The van der Waals surface area contributed by atoms with Crippen molar-refractivity contribution in [3.05, 3.63) is 29.8 Å². The standard InChI is InChI=1S/C7H6O3.3Na.3H/c8-6-4-2-1-3-5(6)7(9)10;;;;;;/h1-4,8H,(H,9,10);;;;;;/q;3*+1;3*-1. The van der Waals surface area contributed by atoms with Gasteiger partial charge in [0.2, 0.25) is 0 Å². The van der Waals surface area contributed by atoms with E-state index in [0.717, 1.165) is 0 Å². The first-order chi connectivity index (χ1) is 4.72. The van der Waals surface area contributed by atoms with Crippen LogP contribution in [0.2, 0.25) is 0 Å². The summed E-state index contributed by atoms with van der Waals surface area (Å²) in [5.74, 6) is -1.31. The summed E-state index contributed by atoms with van der Waals surface area (Å²) in [6.45, 7) is 0. The second-order valence-electron chi connectivity index (χ2n) is 1.82. The minimum absolute atomic E-state index is 0. The van der Waals surface area contributed by atoms with Crippen LogP contribution in [-0.2, 0) is 0 Å². The maximum Gasteiger partial charge on any atom is 1.00 e. The zero-order chi connectivity index (χ0) is 7.56. The molecule has 58 valence electrons. The van der Waals surface area contributed by atoms with Gasteiger partial charge in [-0.25, -0.2) is 4.79 Å². The summed E-state index contributed by atoms with van der Waals surface area (Å²) in [4.78, 5) is 10.3. The molecule has 0 aliphatic rings. The number of phenols is 1. The molecule has 1 aromatic carbocycles. The zero-order valence-corrected chi connectivity index (χ0v) is 14.1. The molecule has 0 aromatic heterocycles.